The number of nitrogens with zero attached hydrogens (tertiary/aromatic N) is 3. The summed E-state index contributed by atoms with van der Waals surface area (Å²) in [6.07, 6.45) is 1.33. The van der Waals surface area contributed by atoms with Gasteiger partial charge in [-0.2, -0.15) is 5.10 Å². The summed E-state index contributed by atoms with van der Waals surface area (Å²) in [5.74, 6) is 0.703. The molecule has 0 N–H and O–H groups in total. The Morgan fingerprint density at radius 1 is 1.03 bits per heavy atom. The average molecular weight is 466 g/mol. The highest BCUT2D eigenvalue weighted by molar-refractivity contribution is 6.45. The highest BCUT2D eigenvalue weighted by atomic mass is 35.5. The van der Waals surface area contributed by atoms with E-state index in [-0.39, 0.29) is 11.9 Å². The smallest absolute Gasteiger partial charge is 0.274 e. The molecule has 0 fully saturated rings. The van der Waals surface area contributed by atoms with E-state index in [9.17, 15) is 4.79 Å². The van der Waals surface area contributed by atoms with Crippen LogP contribution in [0.2, 0.25) is 10.0 Å². The Morgan fingerprint density at radius 2 is 1.81 bits per heavy atom. The molecular weight excluding hydrogens is 445 g/mol. The third kappa shape index (κ3) is 3.72. The van der Waals surface area contributed by atoms with Crippen LogP contribution in [0, 0.1) is 0 Å². The summed E-state index contributed by atoms with van der Waals surface area (Å²) in [4.78, 5) is 15.3. The van der Waals surface area contributed by atoms with Crippen molar-refractivity contribution in [2.75, 3.05) is 23.6 Å². The number of ether oxygens (including phenoxy) is 1. The minimum absolute atomic E-state index is 0.0685. The number of hydrogen-bond acceptors (Lipinski definition) is 4. The van der Waals surface area contributed by atoms with E-state index < -0.39 is 0 Å². The van der Waals surface area contributed by atoms with Crippen molar-refractivity contribution in [1.29, 1.82) is 0 Å². The van der Waals surface area contributed by atoms with Gasteiger partial charge in [0.15, 0.2) is 0 Å². The second-order valence-corrected chi connectivity index (χ2v) is 8.66. The topological polar surface area (TPSA) is 45.1 Å². The zero-order valence-corrected chi connectivity index (χ0v) is 19.0. The first kappa shape index (κ1) is 20.9. The lowest BCUT2D eigenvalue weighted by molar-refractivity contribution is -0.112. The molecule has 0 radical (unpaired) electrons. The minimum atomic E-state index is -0.170. The van der Waals surface area contributed by atoms with Crippen molar-refractivity contribution in [2.45, 2.75) is 18.9 Å². The first-order chi connectivity index (χ1) is 15.5. The first-order valence-electron chi connectivity index (χ1n) is 10.4. The molecule has 7 heteroatoms. The molecule has 5 rings (SSSR count). The number of fused-ring (bicyclic) bond motifs is 1. The molecule has 0 aliphatic carbocycles. The van der Waals surface area contributed by atoms with Crippen molar-refractivity contribution in [3.8, 4) is 5.75 Å². The van der Waals surface area contributed by atoms with E-state index in [1.165, 1.54) is 5.56 Å². The van der Waals surface area contributed by atoms with Gasteiger partial charge in [-0.05, 0) is 53.9 Å². The number of amides is 1. The third-order valence-corrected chi connectivity index (χ3v) is 6.48. The number of anilines is 2. The number of hydrazone groups is 1. The van der Waals surface area contributed by atoms with Gasteiger partial charge in [0.1, 0.15) is 11.5 Å². The van der Waals surface area contributed by atoms with Crippen LogP contribution in [0.4, 0.5) is 11.4 Å². The summed E-state index contributed by atoms with van der Waals surface area (Å²) in [7, 11) is 1.64. The SMILES string of the molecule is COc1ccc(C2CC(C(=O)N3CCc4ccccc43)=NN2c2ccc(Cl)cc2Cl)cc1. The van der Waals surface area contributed by atoms with Crippen molar-refractivity contribution in [2.24, 2.45) is 5.10 Å². The van der Waals surface area contributed by atoms with Crippen LogP contribution in [-0.4, -0.2) is 25.3 Å². The van der Waals surface area contributed by atoms with Gasteiger partial charge in [-0.1, -0.05) is 53.5 Å². The molecule has 1 unspecified atom stereocenters. The van der Waals surface area contributed by atoms with Crippen molar-refractivity contribution in [1.82, 2.24) is 0 Å². The van der Waals surface area contributed by atoms with Crippen LogP contribution in [0.3, 0.4) is 0 Å². The predicted octanol–water partition coefficient (Wildman–Crippen LogP) is 5.90. The van der Waals surface area contributed by atoms with E-state index >= 15 is 0 Å². The zero-order valence-electron chi connectivity index (χ0n) is 17.5. The molecule has 3 aromatic rings. The number of rotatable bonds is 4. The van der Waals surface area contributed by atoms with Gasteiger partial charge >= 0.3 is 0 Å². The van der Waals surface area contributed by atoms with Gasteiger partial charge in [0.05, 0.1) is 23.9 Å². The van der Waals surface area contributed by atoms with Gasteiger partial charge in [-0.25, -0.2) is 0 Å². The van der Waals surface area contributed by atoms with E-state index in [0.29, 0.717) is 34.4 Å². The normalized spacial score (nSPS) is 17.3. The largest absolute Gasteiger partial charge is 0.497 e. The summed E-state index contributed by atoms with van der Waals surface area (Å²) in [6, 6.07) is 21.0. The van der Waals surface area contributed by atoms with Crippen molar-refractivity contribution in [3.63, 3.8) is 0 Å². The Kier molecular flexibility index (Phi) is 5.53. The monoisotopic (exact) mass is 465 g/mol. The number of benzene rings is 3. The van der Waals surface area contributed by atoms with Gasteiger partial charge in [-0.3, -0.25) is 9.80 Å². The van der Waals surface area contributed by atoms with Gasteiger partial charge < -0.3 is 9.64 Å². The van der Waals surface area contributed by atoms with E-state index in [1.54, 1.807) is 19.2 Å². The van der Waals surface area contributed by atoms with Gasteiger partial charge in [0.25, 0.3) is 5.91 Å². The first-order valence-corrected chi connectivity index (χ1v) is 11.2. The lowest BCUT2D eigenvalue weighted by Crippen LogP contribution is -2.34. The summed E-state index contributed by atoms with van der Waals surface area (Å²) in [5.41, 5.74) is 4.38. The Morgan fingerprint density at radius 3 is 2.56 bits per heavy atom. The Hall–Kier alpha value is -3.02. The highest BCUT2D eigenvalue weighted by Gasteiger charge is 2.37. The fourth-order valence-electron chi connectivity index (χ4n) is 4.32. The van der Waals surface area contributed by atoms with Crippen LogP contribution >= 0.6 is 23.2 Å². The maximum atomic E-state index is 13.5. The molecule has 1 atom stereocenters. The summed E-state index contributed by atoms with van der Waals surface area (Å²) in [5, 5.41) is 7.63. The fourth-order valence-corrected chi connectivity index (χ4v) is 4.81. The van der Waals surface area contributed by atoms with Crippen LogP contribution in [0.1, 0.15) is 23.6 Å². The zero-order chi connectivity index (χ0) is 22.2. The lowest BCUT2D eigenvalue weighted by atomic mass is 10.0. The molecule has 0 saturated heterocycles. The highest BCUT2D eigenvalue weighted by Crippen LogP contribution is 2.40. The van der Waals surface area contributed by atoms with E-state index in [4.69, 9.17) is 33.0 Å². The molecular formula is C25H21Cl2N3O2. The van der Waals surface area contributed by atoms with Gasteiger partial charge in [-0.15, -0.1) is 0 Å². The molecule has 162 valence electrons. The van der Waals surface area contributed by atoms with E-state index in [1.807, 2.05) is 58.4 Å². The molecule has 2 aliphatic rings. The third-order valence-electron chi connectivity index (χ3n) is 5.95. The van der Waals surface area contributed by atoms with Crippen LogP contribution in [0.25, 0.3) is 0 Å². The minimum Gasteiger partial charge on any atom is -0.497 e. The number of para-hydroxylation sites is 1. The molecule has 0 saturated carbocycles. The Bertz CT molecular complexity index is 1210. The average Bonchev–Trinajstić information content (AvgIpc) is 3.44. The van der Waals surface area contributed by atoms with Crippen LogP contribution in [0.5, 0.6) is 5.75 Å². The maximum Gasteiger partial charge on any atom is 0.274 e. The molecule has 0 spiro atoms. The van der Waals surface area contributed by atoms with Gasteiger partial charge in [0.2, 0.25) is 0 Å². The summed E-state index contributed by atoms with van der Waals surface area (Å²) in [6.45, 7) is 0.659. The van der Waals surface area contributed by atoms with Crippen LogP contribution in [-0.2, 0) is 11.2 Å². The van der Waals surface area contributed by atoms with E-state index in [0.717, 1.165) is 23.4 Å². The van der Waals surface area contributed by atoms with Crippen molar-refractivity contribution >= 4 is 46.2 Å². The van der Waals surface area contributed by atoms with Crippen LogP contribution in [0.15, 0.2) is 71.8 Å². The molecule has 2 heterocycles. The lowest BCUT2D eigenvalue weighted by Gasteiger charge is -2.25. The Balaban J connectivity index is 1.51. The number of halogens is 2. The molecule has 0 bridgehead atoms. The molecule has 3 aromatic carbocycles. The molecule has 5 nitrogen and oxygen atoms in total. The molecule has 0 aromatic heterocycles. The summed E-state index contributed by atoms with van der Waals surface area (Å²) >= 11 is 12.6. The standard InChI is InChI=1S/C25H21Cl2N3O2/c1-32-19-9-6-17(7-10-19)24-15-21(28-30(24)23-11-8-18(26)14-20(23)27)25(31)29-13-12-16-4-2-3-5-22(16)29/h2-11,14,24H,12-13,15H2,1H3. The quantitative estimate of drug-likeness (QED) is 0.481. The summed E-state index contributed by atoms with van der Waals surface area (Å²) < 4.78 is 5.30. The predicted molar refractivity (Wildman–Crippen MR) is 129 cm³/mol. The van der Waals surface area contributed by atoms with Crippen LogP contribution < -0.4 is 14.6 Å². The maximum absolute atomic E-state index is 13.5. The molecule has 1 amide bonds. The second-order valence-electron chi connectivity index (χ2n) is 7.82. The molecule has 2 aliphatic heterocycles. The van der Waals surface area contributed by atoms with E-state index in [2.05, 4.69) is 6.07 Å². The number of carbonyl (C=O) groups is 1. The number of carbonyl (C=O) groups excluding carboxylic acids is 1. The Labute approximate surface area is 196 Å². The number of hydrogen-bond donors (Lipinski definition) is 0. The fraction of sp³-hybridized carbons (Fsp3) is 0.200. The number of methoxy groups -OCH3 is 1. The molecule has 32 heavy (non-hydrogen) atoms. The second kappa shape index (κ2) is 8.49. The van der Waals surface area contributed by atoms with Crippen molar-refractivity contribution in [3.05, 3.63) is 87.9 Å². The van der Waals surface area contributed by atoms with Gasteiger partial charge in [0, 0.05) is 23.7 Å². The van der Waals surface area contributed by atoms with Crippen molar-refractivity contribution < 1.29 is 9.53 Å².